The number of hydrogen-bond donors (Lipinski definition) is 2. The van der Waals surface area contributed by atoms with Crippen LogP contribution in [0.4, 0.5) is 0 Å². The third kappa shape index (κ3) is 4.82. The van der Waals surface area contributed by atoms with E-state index in [1.807, 2.05) is 0 Å². The maximum absolute atomic E-state index is 5.43. The fourth-order valence-corrected chi connectivity index (χ4v) is 3.08. The lowest BCUT2D eigenvalue weighted by Crippen LogP contribution is -2.46. The molecule has 17 heavy (non-hydrogen) atoms. The zero-order valence-corrected chi connectivity index (χ0v) is 11.8. The Kier molecular flexibility index (Phi) is 5.08. The lowest BCUT2D eigenvalue weighted by Gasteiger charge is -2.26. The molecule has 0 radical (unpaired) electrons. The Morgan fingerprint density at radius 2 is 1.88 bits per heavy atom. The van der Waals surface area contributed by atoms with Gasteiger partial charge in [-0.1, -0.05) is 39.0 Å². The molecule has 0 spiro atoms. The van der Waals surface area contributed by atoms with Crippen molar-refractivity contribution in [3.05, 3.63) is 0 Å². The van der Waals surface area contributed by atoms with E-state index in [2.05, 4.69) is 17.6 Å². The van der Waals surface area contributed by atoms with Crippen LogP contribution in [0.3, 0.4) is 0 Å². The Hall–Kier alpha value is -0.310. The summed E-state index contributed by atoms with van der Waals surface area (Å²) in [6.45, 7) is 2.25. The van der Waals surface area contributed by atoms with Gasteiger partial charge in [0, 0.05) is 12.1 Å². The van der Waals surface area contributed by atoms with Crippen LogP contribution in [0.15, 0.2) is 0 Å². The van der Waals surface area contributed by atoms with Crippen LogP contribution >= 0.6 is 12.2 Å². The summed E-state index contributed by atoms with van der Waals surface area (Å²) in [5.41, 5.74) is 0. The zero-order valence-electron chi connectivity index (χ0n) is 11.0. The summed E-state index contributed by atoms with van der Waals surface area (Å²) in [6.07, 6.45) is 12.1. The third-order valence-corrected chi connectivity index (χ3v) is 4.32. The van der Waals surface area contributed by atoms with Gasteiger partial charge in [0.1, 0.15) is 0 Å². The molecule has 0 saturated heterocycles. The van der Waals surface area contributed by atoms with Crippen molar-refractivity contribution in [3.63, 3.8) is 0 Å². The fraction of sp³-hybridized carbons (Fsp3) is 0.929. The van der Waals surface area contributed by atoms with Crippen molar-refractivity contribution in [2.75, 3.05) is 0 Å². The molecular weight excluding hydrogens is 228 g/mol. The van der Waals surface area contributed by atoms with Crippen molar-refractivity contribution in [1.82, 2.24) is 10.6 Å². The van der Waals surface area contributed by atoms with Crippen LogP contribution in [0, 0.1) is 5.92 Å². The summed E-state index contributed by atoms with van der Waals surface area (Å²) in [5.74, 6) is 0.977. The number of rotatable bonds is 5. The van der Waals surface area contributed by atoms with Gasteiger partial charge < -0.3 is 10.6 Å². The van der Waals surface area contributed by atoms with Crippen molar-refractivity contribution in [1.29, 1.82) is 0 Å². The first-order valence-electron chi connectivity index (χ1n) is 7.35. The Labute approximate surface area is 111 Å². The molecule has 2 fully saturated rings. The van der Waals surface area contributed by atoms with Gasteiger partial charge in [0.2, 0.25) is 0 Å². The van der Waals surface area contributed by atoms with Crippen LogP contribution in [0.2, 0.25) is 0 Å². The molecule has 2 aliphatic carbocycles. The second-order valence-corrected chi connectivity index (χ2v) is 6.15. The highest BCUT2D eigenvalue weighted by atomic mass is 32.1. The first-order valence-corrected chi connectivity index (χ1v) is 7.75. The normalized spacial score (nSPS) is 23.1. The van der Waals surface area contributed by atoms with Gasteiger partial charge >= 0.3 is 0 Å². The maximum Gasteiger partial charge on any atom is 0.166 e. The van der Waals surface area contributed by atoms with E-state index >= 15 is 0 Å². The fourth-order valence-electron chi connectivity index (χ4n) is 2.74. The Bertz CT molecular complexity index is 245. The molecule has 0 aliphatic heterocycles. The third-order valence-electron chi connectivity index (χ3n) is 4.08. The van der Waals surface area contributed by atoms with E-state index < -0.39 is 0 Å². The maximum atomic E-state index is 5.43. The summed E-state index contributed by atoms with van der Waals surface area (Å²) in [7, 11) is 0. The van der Waals surface area contributed by atoms with Crippen LogP contribution in [0.1, 0.15) is 64.7 Å². The standard InChI is InChI=1S/C14H26N2S/c1-2-12(10-11-8-9-11)15-14(17)16-13-6-4-3-5-7-13/h11-13H,2-10H2,1H3,(H2,15,16,17). The molecular formula is C14H26N2S. The molecule has 2 aliphatic rings. The first kappa shape index (κ1) is 13.1. The highest BCUT2D eigenvalue weighted by molar-refractivity contribution is 7.80. The lowest BCUT2D eigenvalue weighted by atomic mass is 9.96. The zero-order chi connectivity index (χ0) is 12.1. The minimum absolute atomic E-state index is 0.589. The van der Waals surface area contributed by atoms with E-state index in [0.717, 1.165) is 11.0 Å². The second-order valence-electron chi connectivity index (χ2n) is 5.74. The summed E-state index contributed by atoms with van der Waals surface area (Å²) in [5, 5.41) is 7.90. The molecule has 2 saturated carbocycles. The molecule has 0 bridgehead atoms. The van der Waals surface area contributed by atoms with Crippen molar-refractivity contribution in [2.45, 2.75) is 76.8 Å². The van der Waals surface area contributed by atoms with Gasteiger partial charge in [-0.15, -0.1) is 0 Å². The molecule has 1 unspecified atom stereocenters. The molecule has 2 nitrogen and oxygen atoms in total. The minimum atomic E-state index is 0.589. The largest absolute Gasteiger partial charge is 0.360 e. The van der Waals surface area contributed by atoms with Crippen LogP contribution in [-0.4, -0.2) is 17.2 Å². The van der Waals surface area contributed by atoms with Crippen molar-refractivity contribution >= 4 is 17.3 Å². The summed E-state index contributed by atoms with van der Waals surface area (Å²) in [6, 6.07) is 1.22. The Morgan fingerprint density at radius 1 is 1.18 bits per heavy atom. The van der Waals surface area contributed by atoms with Crippen molar-refractivity contribution in [2.24, 2.45) is 5.92 Å². The first-order chi connectivity index (χ1) is 8.28. The van der Waals surface area contributed by atoms with Gasteiger partial charge in [-0.3, -0.25) is 0 Å². The van der Waals surface area contributed by atoms with Crippen LogP contribution in [-0.2, 0) is 0 Å². The Balaban J connectivity index is 1.66. The number of hydrogen-bond acceptors (Lipinski definition) is 1. The van der Waals surface area contributed by atoms with Gasteiger partial charge in [-0.25, -0.2) is 0 Å². The van der Waals surface area contributed by atoms with Gasteiger partial charge in [0.25, 0.3) is 0 Å². The van der Waals surface area contributed by atoms with E-state index in [0.29, 0.717) is 12.1 Å². The summed E-state index contributed by atoms with van der Waals surface area (Å²) < 4.78 is 0. The molecule has 2 rings (SSSR count). The predicted molar refractivity (Wildman–Crippen MR) is 77.2 cm³/mol. The van der Waals surface area contributed by atoms with Gasteiger partial charge in [0.05, 0.1) is 0 Å². The quantitative estimate of drug-likeness (QED) is 0.736. The molecule has 0 aromatic heterocycles. The number of thiocarbonyl (C=S) groups is 1. The topological polar surface area (TPSA) is 24.1 Å². The monoisotopic (exact) mass is 254 g/mol. The van der Waals surface area contributed by atoms with E-state index in [-0.39, 0.29) is 0 Å². The van der Waals surface area contributed by atoms with E-state index in [4.69, 9.17) is 12.2 Å². The molecule has 3 heteroatoms. The second kappa shape index (κ2) is 6.58. The van der Waals surface area contributed by atoms with E-state index in [1.165, 1.54) is 57.8 Å². The Morgan fingerprint density at radius 3 is 2.47 bits per heavy atom. The van der Waals surface area contributed by atoms with Gasteiger partial charge in [0.15, 0.2) is 5.11 Å². The lowest BCUT2D eigenvalue weighted by molar-refractivity contribution is 0.407. The van der Waals surface area contributed by atoms with Crippen LogP contribution in [0.5, 0.6) is 0 Å². The molecule has 2 N–H and O–H groups in total. The number of nitrogens with one attached hydrogen (secondary N) is 2. The molecule has 98 valence electrons. The minimum Gasteiger partial charge on any atom is -0.360 e. The summed E-state index contributed by atoms with van der Waals surface area (Å²) in [4.78, 5) is 0. The predicted octanol–water partition coefficient (Wildman–Crippen LogP) is 3.36. The molecule has 0 amide bonds. The highest BCUT2D eigenvalue weighted by Gasteiger charge is 2.25. The van der Waals surface area contributed by atoms with E-state index in [9.17, 15) is 0 Å². The molecule has 0 aromatic rings. The molecule has 1 atom stereocenters. The van der Waals surface area contributed by atoms with Crippen LogP contribution < -0.4 is 10.6 Å². The smallest absolute Gasteiger partial charge is 0.166 e. The average molecular weight is 254 g/mol. The molecule has 0 heterocycles. The van der Waals surface area contributed by atoms with Gasteiger partial charge in [-0.2, -0.15) is 0 Å². The van der Waals surface area contributed by atoms with E-state index in [1.54, 1.807) is 0 Å². The van der Waals surface area contributed by atoms with Crippen molar-refractivity contribution < 1.29 is 0 Å². The SMILES string of the molecule is CCC(CC1CC1)NC(=S)NC1CCCCC1. The highest BCUT2D eigenvalue weighted by Crippen LogP contribution is 2.34. The summed E-state index contributed by atoms with van der Waals surface area (Å²) >= 11 is 5.43. The van der Waals surface area contributed by atoms with Crippen molar-refractivity contribution in [3.8, 4) is 0 Å². The molecule has 0 aromatic carbocycles. The average Bonchev–Trinajstić information content (AvgIpc) is 3.13. The van der Waals surface area contributed by atoms with Crippen LogP contribution in [0.25, 0.3) is 0 Å². The van der Waals surface area contributed by atoms with Gasteiger partial charge in [-0.05, 0) is 43.8 Å².